The van der Waals surface area contributed by atoms with Gasteiger partial charge in [-0.3, -0.25) is 9.69 Å². The van der Waals surface area contributed by atoms with E-state index in [9.17, 15) is 9.90 Å². The van der Waals surface area contributed by atoms with Crippen molar-refractivity contribution in [3.05, 3.63) is 0 Å². The fourth-order valence-electron chi connectivity index (χ4n) is 4.20. The number of aliphatic hydroxyl groups is 1. The number of hydrogen-bond donors (Lipinski definition) is 1. The summed E-state index contributed by atoms with van der Waals surface area (Å²) >= 11 is 0. The van der Waals surface area contributed by atoms with Crippen molar-refractivity contribution in [1.82, 2.24) is 9.80 Å². The third-order valence-corrected chi connectivity index (χ3v) is 5.55. The molecule has 1 aliphatic heterocycles. The molecule has 3 rings (SSSR count). The molecule has 2 aliphatic carbocycles. The molecular weight excluding hydrogens is 264 g/mol. The predicted molar refractivity (Wildman–Crippen MR) is 83.0 cm³/mol. The molecule has 1 heterocycles. The zero-order chi connectivity index (χ0) is 14.9. The Morgan fingerprint density at radius 2 is 1.86 bits per heavy atom. The lowest BCUT2D eigenvalue weighted by atomic mass is 9.83. The van der Waals surface area contributed by atoms with Crippen molar-refractivity contribution < 1.29 is 9.90 Å². The highest BCUT2D eigenvalue weighted by molar-refractivity contribution is 5.79. The lowest BCUT2D eigenvalue weighted by Crippen LogP contribution is -2.50. The van der Waals surface area contributed by atoms with Gasteiger partial charge in [0.25, 0.3) is 0 Å². The fraction of sp³-hybridized carbons (Fsp3) is 0.941. The first-order valence-electron chi connectivity index (χ1n) is 8.76. The number of aliphatic hydroxyl groups excluding tert-OH is 1. The van der Waals surface area contributed by atoms with Crippen LogP contribution in [0.4, 0.5) is 0 Å². The molecule has 0 spiro atoms. The molecule has 4 nitrogen and oxygen atoms in total. The summed E-state index contributed by atoms with van der Waals surface area (Å²) in [5.41, 5.74) is -0.0176. The summed E-state index contributed by atoms with van der Waals surface area (Å²) in [6.45, 7) is 4.79. The molecule has 1 N–H and O–H groups in total. The smallest absolute Gasteiger partial charge is 0.237 e. The Hall–Kier alpha value is -0.610. The first-order chi connectivity index (χ1) is 10.1. The predicted octanol–water partition coefficient (Wildman–Crippen LogP) is 2.01. The Balaban J connectivity index is 1.59. The van der Waals surface area contributed by atoms with Gasteiger partial charge in [-0.05, 0) is 45.1 Å². The number of carbonyl (C=O) groups excluding carboxylic acids is 1. The average Bonchev–Trinajstić information content (AvgIpc) is 3.13. The monoisotopic (exact) mass is 294 g/mol. The van der Waals surface area contributed by atoms with Crippen LogP contribution < -0.4 is 0 Å². The summed E-state index contributed by atoms with van der Waals surface area (Å²) in [7, 11) is 0. The lowest BCUT2D eigenvalue weighted by molar-refractivity contribution is -0.136. The molecular formula is C17H30N2O2. The average molecular weight is 294 g/mol. The third kappa shape index (κ3) is 3.59. The highest BCUT2D eigenvalue weighted by Gasteiger charge is 2.39. The summed E-state index contributed by atoms with van der Waals surface area (Å²) in [4.78, 5) is 17.3. The van der Waals surface area contributed by atoms with Gasteiger partial charge in [0.15, 0.2) is 0 Å². The van der Waals surface area contributed by atoms with Crippen LogP contribution >= 0.6 is 0 Å². The molecule has 1 atom stereocenters. The van der Waals surface area contributed by atoms with Crippen molar-refractivity contribution in [1.29, 1.82) is 0 Å². The van der Waals surface area contributed by atoms with Crippen LogP contribution in [0.1, 0.15) is 58.3 Å². The van der Waals surface area contributed by atoms with Gasteiger partial charge in [-0.1, -0.05) is 19.8 Å². The van der Waals surface area contributed by atoms with Crippen molar-refractivity contribution >= 4 is 5.91 Å². The second-order valence-corrected chi connectivity index (χ2v) is 7.75. The molecule has 0 aromatic carbocycles. The van der Waals surface area contributed by atoms with Crippen molar-refractivity contribution in [3.8, 4) is 0 Å². The number of carbonyl (C=O) groups is 1. The molecule has 0 bridgehead atoms. The summed E-state index contributed by atoms with van der Waals surface area (Å²) < 4.78 is 0. The van der Waals surface area contributed by atoms with Gasteiger partial charge >= 0.3 is 0 Å². The Morgan fingerprint density at radius 1 is 1.19 bits per heavy atom. The van der Waals surface area contributed by atoms with Crippen LogP contribution in [0.2, 0.25) is 0 Å². The van der Waals surface area contributed by atoms with Crippen LogP contribution in [0.25, 0.3) is 0 Å². The fourth-order valence-corrected chi connectivity index (χ4v) is 4.20. The van der Waals surface area contributed by atoms with E-state index in [4.69, 9.17) is 0 Å². The van der Waals surface area contributed by atoms with E-state index in [0.717, 1.165) is 25.9 Å². The molecule has 21 heavy (non-hydrogen) atoms. The number of nitrogens with zero attached hydrogens (tertiary/aromatic N) is 2. The standard InChI is InChI=1S/C17H30N2O2/c1-17(13-20)9-4-10-18(12-17)11-16(21)19(15-7-8-15)14-5-2-3-6-14/h14-15,20H,2-13H2,1H3. The molecule has 3 fully saturated rings. The van der Waals surface area contributed by atoms with E-state index >= 15 is 0 Å². The lowest BCUT2D eigenvalue weighted by Gasteiger charge is -2.40. The van der Waals surface area contributed by atoms with Crippen LogP contribution in [0, 0.1) is 5.41 Å². The van der Waals surface area contributed by atoms with Crippen LogP contribution in [0.5, 0.6) is 0 Å². The van der Waals surface area contributed by atoms with Gasteiger partial charge < -0.3 is 10.0 Å². The molecule has 0 radical (unpaired) electrons. The zero-order valence-corrected chi connectivity index (χ0v) is 13.4. The molecule has 120 valence electrons. The van der Waals surface area contributed by atoms with E-state index in [1.165, 1.54) is 38.5 Å². The van der Waals surface area contributed by atoms with Gasteiger partial charge in [0.05, 0.1) is 6.54 Å². The van der Waals surface area contributed by atoms with E-state index in [0.29, 0.717) is 24.5 Å². The van der Waals surface area contributed by atoms with Gasteiger partial charge in [-0.25, -0.2) is 0 Å². The molecule has 3 aliphatic rings. The maximum Gasteiger partial charge on any atom is 0.237 e. The Labute approximate surface area is 128 Å². The molecule has 0 aromatic heterocycles. The van der Waals surface area contributed by atoms with Gasteiger partial charge in [0, 0.05) is 30.7 Å². The van der Waals surface area contributed by atoms with Crippen LogP contribution in [-0.2, 0) is 4.79 Å². The van der Waals surface area contributed by atoms with Crippen LogP contribution in [0.15, 0.2) is 0 Å². The molecule has 2 saturated carbocycles. The summed E-state index contributed by atoms with van der Waals surface area (Å²) in [5, 5.41) is 9.56. The van der Waals surface area contributed by atoms with Crippen molar-refractivity contribution in [3.63, 3.8) is 0 Å². The maximum atomic E-state index is 12.8. The van der Waals surface area contributed by atoms with Gasteiger partial charge in [-0.2, -0.15) is 0 Å². The quantitative estimate of drug-likeness (QED) is 0.843. The molecule has 0 aromatic rings. The summed E-state index contributed by atoms with van der Waals surface area (Å²) in [6.07, 6.45) is 9.56. The number of likely N-dealkylation sites (tertiary alicyclic amines) is 1. The first-order valence-corrected chi connectivity index (χ1v) is 8.76. The number of hydrogen-bond acceptors (Lipinski definition) is 3. The Bertz CT molecular complexity index is 377. The minimum Gasteiger partial charge on any atom is -0.396 e. The topological polar surface area (TPSA) is 43.8 Å². The number of rotatable bonds is 5. The molecule has 1 saturated heterocycles. The van der Waals surface area contributed by atoms with Crippen molar-refractivity contribution in [2.24, 2.45) is 5.41 Å². The molecule has 1 amide bonds. The maximum absolute atomic E-state index is 12.8. The second-order valence-electron chi connectivity index (χ2n) is 7.75. The van der Waals surface area contributed by atoms with Crippen LogP contribution in [0.3, 0.4) is 0 Å². The second kappa shape index (κ2) is 6.25. The molecule has 1 unspecified atom stereocenters. The number of amides is 1. The van der Waals surface area contributed by atoms with E-state index < -0.39 is 0 Å². The van der Waals surface area contributed by atoms with E-state index in [1.54, 1.807) is 0 Å². The first kappa shape index (κ1) is 15.3. The van der Waals surface area contributed by atoms with E-state index in [2.05, 4.69) is 16.7 Å². The third-order valence-electron chi connectivity index (χ3n) is 5.55. The normalized spacial score (nSPS) is 31.5. The van der Waals surface area contributed by atoms with Gasteiger partial charge in [-0.15, -0.1) is 0 Å². The zero-order valence-electron chi connectivity index (χ0n) is 13.4. The Morgan fingerprint density at radius 3 is 2.48 bits per heavy atom. The van der Waals surface area contributed by atoms with Gasteiger partial charge in [0.1, 0.15) is 0 Å². The SMILES string of the molecule is CC1(CO)CCCN(CC(=O)N(C2CCCC2)C2CC2)C1. The highest BCUT2D eigenvalue weighted by atomic mass is 16.3. The Kier molecular flexibility index (Phi) is 4.55. The van der Waals surface area contributed by atoms with Crippen molar-refractivity contribution in [2.45, 2.75) is 70.4 Å². The largest absolute Gasteiger partial charge is 0.396 e. The summed E-state index contributed by atoms with van der Waals surface area (Å²) in [6, 6.07) is 1.05. The minimum atomic E-state index is -0.0176. The van der Waals surface area contributed by atoms with Crippen LogP contribution in [-0.4, -0.2) is 59.1 Å². The van der Waals surface area contributed by atoms with Crippen molar-refractivity contribution in [2.75, 3.05) is 26.2 Å². The molecule has 4 heteroatoms. The number of piperidine rings is 1. The highest BCUT2D eigenvalue weighted by Crippen LogP contribution is 2.35. The summed E-state index contributed by atoms with van der Waals surface area (Å²) in [5.74, 6) is 0.339. The minimum absolute atomic E-state index is 0.0176. The van der Waals surface area contributed by atoms with Gasteiger partial charge in [0.2, 0.25) is 5.91 Å². The van der Waals surface area contributed by atoms with E-state index in [-0.39, 0.29) is 12.0 Å². The van der Waals surface area contributed by atoms with E-state index in [1.807, 2.05) is 0 Å².